The molecule has 0 aliphatic carbocycles. The fraction of sp³-hybridized carbons (Fsp3) is 0. The molecule has 0 N–H and O–H groups in total. The molecule has 0 radical (unpaired) electrons. The first-order valence-corrected chi connectivity index (χ1v) is 7.37. The molecule has 3 rings (SSSR count). The van der Waals surface area contributed by atoms with Crippen molar-refractivity contribution >= 4 is 12.2 Å². The van der Waals surface area contributed by atoms with Crippen LogP contribution >= 0.6 is 0 Å². The molecule has 0 amide bonds. The molecule has 0 nitrogen and oxygen atoms in total. The van der Waals surface area contributed by atoms with Crippen LogP contribution in [0.3, 0.4) is 0 Å². The molecule has 0 heterocycles. The third kappa shape index (κ3) is 2.64. The molecule has 0 aliphatic heterocycles. The van der Waals surface area contributed by atoms with Crippen LogP contribution < -0.4 is 0 Å². The summed E-state index contributed by atoms with van der Waals surface area (Å²) in [6, 6.07) is 25.3. The molecule has 22 heavy (non-hydrogen) atoms. The van der Waals surface area contributed by atoms with Gasteiger partial charge in [0.2, 0.25) is 0 Å². The summed E-state index contributed by atoms with van der Waals surface area (Å²) in [5.41, 5.74) is 7.06. The molecule has 0 aromatic heterocycles. The Kier molecular flexibility index (Phi) is 4.02. The van der Waals surface area contributed by atoms with E-state index in [1.807, 2.05) is 18.2 Å². The van der Waals surface area contributed by atoms with Gasteiger partial charge in [-0.3, -0.25) is 0 Å². The lowest BCUT2D eigenvalue weighted by Crippen LogP contribution is -1.88. The molecule has 3 aromatic carbocycles. The van der Waals surface area contributed by atoms with Gasteiger partial charge in [-0.25, -0.2) is 0 Å². The highest BCUT2D eigenvalue weighted by molar-refractivity contribution is 5.82. The van der Waals surface area contributed by atoms with E-state index in [0.717, 1.165) is 11.1 Å². The standard InChI is InChI=1S/C22H18/c1-3-17-12-9-15-22(21(17)4-2)20-14-8-13-19(16-20)18-10-6-5-7-11-18/h3-16H,1-2H2. The zero-order valence-electron chi connectivity index (χ0n) is 12.5. The highest BCUT2D eigenvalue weighted by Gasteiger charge is 2.07. The van der Waals surface area contributed by atoms with Crippen LogP contribution in [0.4, 0.5) is 0 Å². The summed E-state index contributed by atoms with van der Waals surface area (Å²) >= 11 is 0. The molecule has 0 bridgehead atoms. The number of hydrogen-bond donors (Lipinski definition) is 0. The van der Waals surface area contributed by atoms with Crippen molar-refractivity contribution in [1.29, 1.82) is 0 Å². The zero-order chi connectivity index (χ0) is 15.4. The fourth-order valence-corrected chi connectivity index (χ4v) is 2.74. The Labute approximate surface area is 132 Å². The van der Waals surface area contributed by atoms with Crippen LogP contribution in [0.1, 0.15) is 11.1 Å². The van der Waals surface area contributed by atoms with E-state index < -0.39 is 0 Å². The Hall–Kier alpha value is -2.86. The molecule has 0 atom stereocenters. The molecule has 0 heteroatoms. The van der Waals surface area contributed by atoms with Gasteiger partial charge in [-0.15, -0.1) is 0 Å². The topological polar surface area (TPSA) is 0 Å². The summed E-state index contributed by atoms with van der Waals surface area (Å²) in [5, 5.41) is 0. The van der Waals surface area contributed by atoms with Gasteiger partial charge in [0.15, 0.2) is 0 Å². The quantitative estimate of drug-likeness (QED) is 0.526. The van der Waals surface area contributed by atoms with Gasteiger partial charge in [0.1, 0.15) is 0 Å². The van der Waals surface area contributed by atoms with E-state index in [9.17, 15) is 0 Å². The molecular weight excluding hydrogens is 264 g/mol. The first kappa shape index (κ1) is 14.1. The van der Waals surface area contributed by atoms with Crippen LogP contribution in [0.15, 0.2) is 86.0 Å². The van der Waals surface area contributed by atoms with E-state index in [2.05, 4.69) is 79.9 Å². The van der Waals surface area contributed by atoms with Crippen molar-refractivity contribution in [1.82, 2.24) is 0 Å². The van der Waals surface area contributed by atoms with Crippen molar-refractivity contribution in [2.24, 2.45) is 0 Å². The molecule has 3 aromatic rings. The Balaban J connectivity index is 2.14. The van der Waals surface area contributed by atoms with E-state index >= 15 is 0 Å². The summed E-state index contributed by atoms with van der Waals surface area (Å²) in [4.78, 5) is 0. The van der Waals surface area contributed by atoms with Crippen molar-refractivity contribution in [2.75, 3.05) is 0 Å². The lowest BCUT2D eigenvalue weighted by Gasteiger charge is -2.11. The number of benzene rings is 3. The normalized spacial score (nSPS) is 10.2. The van der Waals surface area contributed by atoms with Crippen molar-refractivity contribution in [3.8, 4) is 22.3 Å². The summed E-state index contributed by atoms with van der Waals surface area (Å²) in [7, 11) is 0. The minimum Gasteiger partial charge on any atom is -0.0984 e. The minimum atomic E-state index is 1.11. The van der Waals surface area contributed by atoms with Crippen LogP contribution in [-0.2, 0) is 0 Å². The molecule has 106 valence electrons. The van der Waals surface area contributed by atoms with Crippen LogP contribution in [0.5, 0.6) is 0 Å². The van der Waals surface area contributed by atoms with Crippen LogP contribution in [0.2, 0.25) is 0 Å². The number of rotatable bonds is 4. The first-order valence-electron chi connectivity index (χ1n) is 7.37. The van der Waals surface area contributed by atoms with Gasteiger partial charge >= 0.3 is 0 Å². The maximum atomic E-state index is 3.96. The third-order valence-corrected chi connectivity index (χ3v) is 3.84. The van der Waals surface area contributed by atoms with Crippen LogP contribution in [-0.4, -0.2) is 0 Å². The molecule has 0 saturated carbocycles. The van der Waals surface area contributed by atoms with Gasteiger partial charge in [-0.1, -0.05) is 92.0 Å². The maximum Gasteiger partial charge on any atom is -0.0105 e. The van der Waals surface area contributed by atoms with Gasteiger partial charge < -0.3 is 0 Å². The second-order valence-corrected chi connectivity index (χ2v) is 5.16. The predicted octanol–water partition coefficient (Wildman–Crippen LogP) is 6.31. The second kappa shape index (κ2) is 6.28. The Morgan fingerprint density at radius 1 is 0.591 bits per heavy atom. The van der Waals surface area contributed by atoms with Crippen molar-refractivity contribution in [3.63, 3.8) is 0 Å². The van der Waals surface area contributed by atoms with E-state index in [1.54, 1.807) is 0 Å². The van der Waals surface area contributed by atoms with E-state index in [4.69, 9.17) is 0 Å². The smallest absolute Gasteiger partial charge is 0.0105 e. The summed E-state index contributed by atoms with van der Waals surface area (Å²) < 4.78 is 0. The Morgan fingerprint density at radius 2 is 1.27 bits per heavy atom. The summed E-state index contributed by atoms with van der Waals surface area (Å²) in [6.07, 6.45) is 3.78. The monoisotopic (exact) mass is 282 g/mol. The highest BCUT2D eigenvalue weighted by Crippen LogP contribution is 2.31. The maximum absolute atomic E-state index is 3.96. The fourth-order valence-electron chi connectivity index (χ4n) is 2.74. The van der Waals surface area contributed by atoms with E-state index in [-0.39, 0.29) is 0 Å². The highest BCUT2D eigenvalue weighted by atomic mass is 14.1. The van der Waals surface area contributed by atoms with Gasteiger partial charge in [0.25, 0.3) is 0 Å². The first-order chi connectivity index (χ1) is 10.8. The van der Waals surface area contributed by atoms with E-state index in [0.29, 0.717) is 0 Å². The molecule has 0 saturated heterocycles. The van der Waals surface area contributed by atoms with E-state index in [1.165, 1.54) is 22.3 Å². The average Bonchev–Trinajstić information content (AvgIpc) is 2.61. The molecule has 0 fully saturated rings. The molecule has 0 unspecified atom stereocenters. The molecular formula is C22H18. The van der Waals surface area contributed by atoms with Gasteiger partial charge in [-0.05, 0) is 39.4 Å². The van der Waals surface area contributed by atoms with Crippen molar-refractivity contribution in [3.05, 3.63) is 97.1 Å². The van der Waals surface area contributed by atoms with Crippen LogP contribution in [0.25, 0.3) is 34.4 Å². The predicted molar refractivity (Wildman–Crippen MR) is 97.5 cm³/mol. The van der Waals surface area contributed by atoms with Crippen LogP contribution in [0, 0.1) is 0 Å². The average molecular weight is 282 g/mol. The Morgan fingerprint density at radius 3 is 2.00 bits per heavy atom. The number of hydrogen-bond acceptors (Lipinski definition) is 0. The van der Waals surface area contributed by atoms with Crippen molar-refractivity contribution < 1.29 is 0 Å². The van der Waals surface area contributed by atoms with Gasteiger partial charge in [0.05, 0.1) is 0 Å². The SMILES string of the molecule is C=Cc1cccc(-c2cccc(-c3ccccc3)c2)c1C=C. The zero-order valence-corrected chi connectivity index (χ0v) is 12.5. The van der Waals surface area contributed by atoms with Crippen molar-refractivity contribution in [2.45, 2.75) is 0 Å². The largest absolute Gasteiger partial charge is 0.0984 e. The molecule has 0 spiro atoms. The summed E-state index contributed by atoms with van der Waals surface area (Å²) in [6.45, 7) is 7.85. The lowest BCUT2D eigenvalue weighted by atomic mass is 9.93. The minimum absolute atomic E-state index is 1.11. The van der Waals surface area contributed by atoms with Gasteiger partial charge in [-0.2, -0.15) is 0 Å². The Bertz CT molecular complexity index is 810. The lowest BCUT2D eigenvalue weighted by molar-refractivity contribution is 1.55. The second-order valence-electron chi connectivity index (χ2n) is 5.16. The molecule has 0 aliphatic rings. The summed E-state index contributed by atoms with van der Waals surface area (Å²) in [5.74, 6) is 0. The third-order valence-electron chi connectivity index (χ3n) is 3.84. The van der Waals surface area contributed by atoms with Gasteiger partial charge in [0, 0.05) is 0 Å².